The predicted molar refractivity (Wildman–Crippen MR) is 34.5 cm³/mol. The summed E-state index contributed by atoms with van der Waals surface area (Å²) in [7, 11) is 0. The molecule has 4 nitrogen and oxygen atoms in total. The predicted octanol–water partition coefficient (Wildman–Crippen LogP) is 0.232. The monoisotopic (exact) mass is 147 g/mol. The minimum atomic E-state index is -0.560. The van der Waals surface area contributed by atoms with Crippen molar-refractivity contribution in [2.75, 3.05) is 0 Å². The van der Waals surface area contributed by atoms with E-state index < -0.39 is 6.03 Å². The molecule has 1 heterocycles. The first-order chi connectivity index (χ1) is 3.80. The number of primary amides is 1. The van der Waals surface area contributed by atoms with E-state index >= 15 is 0 Å². The van der Waals surface area contributed by atoms with Crippen LogP contribution >= 0.6 is 12.4 Å². The van der Waals surface area contributed by atoms with Gasteiger partial charge in [0.05, 0.1) is 0 Å². The van der Waals surface area contributed by atoms with Gasteiger partial charge in [0.15, 0.2) is 0 Å². The topological polar surface area (TPSA) is 60.9 Å². The van der Waals surface area contributed by atoms with Crippen molar-refractivity contribution in [3.8, 4) is 0 Å². The highest BCUT2D eigenvalue weighted by Crippen LogP contribution is 1.78. The molecule has 0 radical (unpaired) electrons. The van der Waals surface area contributed by atoms with Gasteiger partial charge in [-0.3, -0.25) is 0 Å². The summed E-state index contributed by atoms with van der Waals surface area (Å²) in [5.74, 6) is 0. The Hall–Kier alpha value is -1.03. The molecular weight excluding hydrogens is 142 g/mol. The van der Waals surface area contributed by atoms with Crippen LogP contribution in [0.5, 0.6) is 0 Å². The molecule has 0 atom stereocenters. The molecule has 1 amide bonds. The molecule has 1 aromatic heterocycles. The van der Waals surface area contributed by atoms with Crippen molar-refractivity contribution in [1.29, 1.82) is 0 Å². The summed E-state index contributed by atoms with van der Waals surface area (Å²) < 4.78 is 1.06. The number of carbonyl (C=O) groups is 1. The normalized spacial score (nSPS) is 8.00. The first-order valence-corrected chi connectivity index (χ1v) is 2.10. The zero-order valence-corrected chi connectivity index (χ0v) is 5.34. The van der Waals surface area contributed by atoms with E-state index in [1.54, 1.807) is 6.07 Å². The Morgan fingerprint density at radius 3 is 2.56 bits per heavy atom. The summed E-state index contributed by atoms with van der Waals surface area (Å²) in [6.07, 6.45) is 2.98. The lowest BCUT2D eigenvalue weighted by atomic mass is 10.7. The van der Waals surface area contributed by atoms with Crippen molar-refractivity contribution in [2.24, 2.45) is 5.73 Å². The fourth-order valence-corrected chi connectivity index (χ4v) is 0.399. The number of nitrogens with two attached hydrogens (primary N) is 1. The van der Waals surface area contributed by atoms with Crippen LogP contribution in [0, 0.1) is 0 Å². The van der Waals surface area contributed by atoms with Crippen molar-refractivity contribution < 1.29 is 4.79 Å². The molecule has 0 unspecified atom stereocenters. The lowest BCUT2D eigenvalue weighted by molar-refractivity contribution is 0.247. The molecule has 0 aliphatic rings. The van der Waals surface area contributed by atoms with Gasteiger partial charge in [-0.05, 0) is 6.07 Å². The minimum absolute atomic E-state index is 0. The molecule has 0 aromatic carbocycles. The van der Waals surface area contributed by atoms with Gasteiger partial charge >= 0.3 is 6.03 Å². The lowest BCUT2D eigenvalue weighted by Gasteiger charge is -1.86. The van der Waals surface area contributed by atoms with Gasteiger partial charge in [0.25, 0.3) is 0 Å². The van der Waals surface area contributed by atoms with Gasteiger partial charge in [-0.1, -0.05) is 0 Å². The highest BCUT2D eigenvalue weighted by atomic mass is 35.5. The average Bonchev–Trinajstić information content (AvgIpc) is 2.12. The molecule has 1 aromatic rings. The molecule has 1 rings (SSSR count). The van der Waals surface area contributed by atoms with Crippen molar-refractivity contribution >= 4 is 18.4 Å². The Morgan fingerprint density at radius 2 is 2.33 bits per heavy atom. The number of hydrogen-bond acceptors (Lipinski definition) is 2. The largest absolute Gasteiger partial charge is 0.350 e. The standard InChI is InChI=1S/C4H5N3O.ClH/c5-4(8)7-3-1-2-6-7;/h1-3H,(H2,5,8);1H. The van der Waals surface area contributed by atoms with Gasteiger partial charge < -0.3 is 5.73 Å². The van der Waals surface area contributed by atoms with Crippen LogP contribution in [0.1, 0.15) is 0 Å². The molecular formula is C4H6ClN3O. The Bertz CT molecular complexity index is 184. The number of halogens is 1. The second kappa shape index (κ2) is 3.09. The van der Waals surface area contributed by atoms with E-state index in [4.69, 9.17) is 5.73 Å². The maximum absolute atomic E-state index is 10.2. The molecule has 0 aliphatic carbocycles. The first-order valence-electron chi connectivity index (χ1n) is 2.10. The minimum Gasteiger partial charge on any atom is -0.350 e. The number of amides is 1. The van der Waals surface area contributed by atoms with Gasteiger partial charge in [0.1, 0.15) is 0 Å². The fraction of sp³-hybridized carbons (Fsp3) is 0. The summed E-state index contributed by atoms with van der Waals surface area (Å²) >= 11 is 0. The molecule has 0 saturated heterocycles. The molecule has 0 spiro atoms. The van der Waals surface area contributed by atoms with Gasteiger partial charge in [-0.25, -0.2) is 4.79 Å². The number of hydrogen-bond donors (Lipinski definition) is 1. The van der Waals surface area contributed by atoms with E-state index in [1.165, 1.54) is 12.4 Å². The summed E-state index contributed by atoms with van der Waals surface area (Å²) in [6, 6.07) is 1.07. The van der Waals surface area contributed by atoms with Crippen molar-refractivity contribution in [3.05, 3.63) is 18.5 Å². The molecule has 0 fully saturated rings. The van der Waals surface area contributed by atoms with E-state index in [-0.39, 0.29) is 12.4 Å². The zero-order valence-electron chi connectivity index (χ0n) is 4.52. The van der Waals surface area contributed by atoms with E-state index in [0.717, 1.165) is 4.68 Å². The van der Waals surface area contributed by atoms with Gasteiger partial charge in [0.2, 0.25) is 0 Å². The summed E-state index contributed by atoms with van der Waals surface area (Å²) in [5.41, 5.74) is 4.82. The van der Waals surface area contributed by atoms with Crippen LogP contribution in [0.2, 0.25) is 0 Å². The second-order valence-corrected chi connectivity index (χ2v) is 1.29. The summed E-state index contributed by atoms with van der Waals surface area (Å²) in [6.45, 7) is 0. The van der Waals surface area contributed by atoms with Gasteiger partial charge in [0, 0.05) is 12.4 Å². The second-order valence-electron chi connectivity index (χ2n) is 1.29. The maximum Gasteiger partial charge on any atom is 0.339 e. The van der Waals surface area contributed by atoms with Crippen LogP contribution in [0.15, 0.2) is 18.5 Å². The van der Waals surface area contributed by atoms with E-state index in [9.17, 15) is 4.79 Å². The molecule has 0 aliphatic heterocycles. The maximum atomic E-state index is 10.2. The van der Waals surface area contributed by atoms with Crippen LogP contribution in [-0.4, -0.2) is 15.8 Å². The third-order valence-corrected chi connectivity index (χ3v) is 0.730. The molecule has 2 N–H and O–H groups in total. The van der Waals surface area contributed by atoms with E-state index in [2.05, 4.69) is 5.10 Å². The van der Waals surface area contributed by atoms with Crippen LogP contribution in [0.25, 0.3) is 0 Å². The Morgan fingerprint density at radius 1 is 1.67 bits per heavy atom. The summed E-state index contributed by atoms with van der Waals surface area (Å²) in [4.78, 5) is 10.2. The van der Waals surface area contributed by atoms with Crippen LogP contribution in [-0.2, 0) is 0 Å². The highest BCUT2D eigenvalue weighted by molar-refractivity contribution is 5.85. The Kier molecular flexibility index (Phi) is 2.73. The summed E-state index contributed by atoms with van der Waals surface area (Å²) in [5, 5.41) is 3.56. The first kappa shape index (κ1) is 7.97. The molecule has 5 heteroatoms. The molecule has 50 valence electrons. The van der Waals surface area contributed by atoms with Crippen molar-refractivity contribution in [1.82, 2.24) is 9.78 Å². The van der Waals surface area contributed by atoms with Gasteiger partial charge in [-0.2, -0.15) is 9.78 Å². The number of carbonyl (C=O) groups excluding carboxylic acids is 1. The smallest absolute Gasteiger partial charge is 0.339 e. The van der Waals surface area contributed by atoms with Crippen molar-refractivity contribution in [2.45, 2.75) is 0 Å². The zero-order chi connectivity index (χ0) is 5.98. The SMILES string of the molecule is Cl.NC(=O)n1cccn1. The van der Waals surface area contributed by atoms with Crippen LogP contribution in [0.3, 0.4) is 0 Å². The molecule has 0 saturated carbocycles. The quantitative estimate of drug-likeness (QED) is 0.571. The molecule has 0 bridgehead atoms. The average molecular weight is 148 g/mol. The Balaban J connectivity index is 0.000000640. The lowest BCUT2D eigenvalue weighted by Crippen LogP contribution is -2.19. The highest BCUT2D eigenvalue weighted by Gasteiger charge is 1.91. The number of aromatic nitrogens is 2. The van der Waals surface area contributed by atoms with Crippen LogP contribution < -0.4 is 5.73 Å². The molecule has 9 heavy (non-hydrogen) atoms. The third-order valence-electron chi connectivity index (χ3n) is 0.730. The number of rotatable bonds is 0. The van der Waals surface area contributed by atoms with Gasteiger partial charge in [-0.15, -0.1) is 12.4 Å². The third kappa shape index (κ3) is 1.73. The van der Waals surface area contributed by atoms with Crippen LogP contribution in [0.4, 0.5) is 4.79 Å². The van der Waals surface area contributed by atoms with E-state index in [0.29, 0.717) is 0 Å². The fourth-order valence-electron chi connectivity index (χ4n) is 0.399. The number of nitrogens with zero attached hydrogens (tertiary/aromatic N) is 2. The van der Waals surface area contributed by atoms with E-state index in [1.807, 2.05) is 0 Å². The van der Waals surface area contributed by atoms with Crippen molar-refractivity contribution in [3.63, 3.8) is 0 Å². The Labute approximate surface area is 58.1 Å².